The van der Waals surface area contributed by atoms with Gasteiger partial charge in [-0.2, -0.15) is 0 Å². The largest absolute Gasteiger partial charge is 0.309 e. The summed E-state index contributed by atoms with van der Waals surface area (Å²) in [7, 11) is 0. The van der Waals surface area contributed by atoms with Crippen molar-refractivity contribution >= 4 is 65.3 Å². The molecule has 0 saturated carbocycles. The SMILES string of the molecule is O=c1c2ccc3c4ccccc4n(-c4ccccc4)c3c2c2c(ccc3c4ccccc4n(-c4ccccc4)c32)n1-c1cccc(-c2ccccc2)c1. The summed E-state index contributed by atoms with van der Waals surface area (Å²) in [5.74, 6) is 0. The molecule has 4 nitrogen and oxygen atoms in total. The predicted octanol–water partition coefficient (Wildman–Crippen LogP) is 12.0. The van der Waals surface area contributed by atoms with Crippen LogP contribution >= 0.6 is 0 Å². The van der Waals surface area contributed by atoms with Gasteiger partial charge in [0.1, 0.15) is 0 Å². The van der Waals surface area contributed by atoms with E-state index in [4.69, 9.17) is 0 Å². The number of rotatable bonds is 4. The number of aromatic nitrogens is 3. The van der Waals surface area contributed by atoms with E-state index in [0.717, 1.165) is 82.7 Å². The molecule has 0 fully saturated rings. The number of nitrogens with zero attached hydrogens (tertiary/aromatic N) is 3. The van der Waals surface area contributed by atoms with Crippen molar-refractivity contribution in [2.24, 2.45) is 0 Å². The Bertz CT molecular complexity index is 3280. The number of pyridine rings is 1. The third-order valence-corrected chi connectivity index (χ3v) is 10.8. The van der Waals surface area contributed by atoms with E-state index in [1.165, 1.54) is 5.39 Å². The number of hydrogen-bond donors (Lipinski definition) is 0. The van der Waals surface area contributed by atoms with Crippen LogP contribution in [0.15, 0.2) is 193 Å². The summed E-state index contributed by atoms with van der Waals surface area (Å²) in [5.41, 5.74) is 10.2. The van der Waals surface area contributed by atoms with E-state index in [9.17, 15) is 0 Å². The zero-order chi connectivity index (χ0) is 35.0. The summed E-state index contributed by atoms with van der Waals surface area (Å²) in [4.78, 5) is 15.3. The van der Waals surface area contributed by atoms with Crippen LogP contribution in [-0.4, -0.2) is 13.7 Å². The highest BCUT2D eigenvalue weighted by Gasteiger charge is 2.24. The van der Waals surface area contributed by atoms with Gasteiger partial charge in [-0.25, -0.2) is 0 Å². The van der Waals surface area contributed by atoms with Gasteiger partial charge < -0.3 is 9.13 Å². The van der Waals surface area contributed by atoms with Crippen molar-refractivity contribution in [2.75, 3.05) is 0 Å². The van der Waals surface area contributed by atoms with E-state index >= 15 is 4.79 Å². The lowest BCUT2D eigenvalue weighted by molar-refractivity contribution is 1.06. The maximum Gasteiger partial charge on any atom is 0.263 e. The lowest BCUT2D eigenvalue weighted by Gasteiger charge is -2.18. The molecule has 0 saturated heterocycles. The molecule has 0 aliphatic rings. The van der Waals surface area contributed by atoms with Gasteiger partial charge in [-0.1, -0.05) is 127 Å². The maximum absolute atomic E-state index is 15.3. The third-order valence-electron chi connectivity index (χ3n) is 10.8. The number of fused-ring (bicyclic) bond motifs is 11. The molecule has 0 unspecified atom stereocenters. The lowest BCUT2D eigenvalue weighted by Crippen LogP contribution is -2.20. The topological polar surface area (TPSA) is 31.9 Å². The highest BCUT2D eigenvalue weighted by atomic mass is 16.1. The Kier molecular flexibility index (Phi) is 6.37. The molecular formula is C49H31N3O. The van der Waals surface area contributed by atoms with Crippen LogP contribution in [0.1, 0.15) is 0 Å². The van der Waals surface area contributed by atoms with Crippen LogP contribution in [0, 0.1) is 0 Å². The molecule has 0 radical (unpaired) electrons. The molecule has 3 aromatic heterocycles. The van der Waals surface area contributed by atoms with Crippen molar-refractivity contribution in [3.63, 3.8) is 0 Å². The van der Waals surface area contributed by atoms with Gasteiger partial charge in [0, 0.05) is 49.4 Å². The zero-order valence-corrected chi connectivity index (χ0v) is 28.6. The summed E-state index contributed by atoms with van der Waals surface area (Å²) < 4.78 is 6.66. The van der Waals surface area contributed by atoms with Crippen LogP contribution in [0.3, 0.4) is 0 Å². The molecular weight excluding hydrogens is 647 g/mol. The average Bonchev–Trinajstić information content (AvgIpc) is 3.75. The van der Waals surface area contributed by atoms with Crippen molar-refractivity contribution in [2.45, 2.75) is 0 Å². The van der Waals surface area contributed by atoms with Crippen molar-refractivity contribution < 1.29 is 0 Å². The van der Waals surface area contributed by atoms with Crippen molar-refractivity contribution in [3.8, 4) is 28.2 Å². The summed E-state index contributed by atoms with van der Waals surface area (Å²) in [6.07, 6.45) is 0. The number of benzene rings is 8. The second-order valence-electron chi connectivity index (χ2n) is 13.7. The van der Waals surface area contributed by atoms with E-state index in [1.54, 1.807) is 0 Å². The van der Waals surface area contributed by atoms with Gasteiger partial charge in [-0.05, 0) is 71.8 Å². The van der Waals surface area contributed by atoms with E-state index in [-0.39, 0.29) is 5.56 Å². The standard InChI is InChI=1S/C49H31N3O/c53-49-41-28-27-39-37-23-10-12-25-42(37)50(34-18-6-2-7-19-34)47(39)45(41)46-44(52(49)36-22-14-17-33(31-36)32-15-4-1-5-16-32)30-29-40-38-24-11-13-26-43(38)51(48(40)46)35-20-8-3-9-21-35/h1-31H. The van der Waals surface area contributed by atoms with Gasteiger partial charge in [-0.15, -0.1) is 0 Å². The van der Waals surface area contributed by atoms with E-state index in [0.29, 0.717) is 5.39 Å². The quantitative estimate of drug-likeness (QED) is 0.171. The first kappa shape index (κ1) is 29.5. The summed E-state index contributed by atoms with van der Waals surface area (Å²) in [6.45, 7) is 0. The Morgan fingerprint density at radius 2 is 0.774 bits per heavy atom. The Hall–Kier alpha value is -7.17. The first-order valence-electron chi connectivity index (χ1n) is 18.0. The second kappa shape index (κ2) is 11.4. The van der Waals surface area contributed by atoms with Gasteiger partial charge in [0.2, 0.25) is 0 Å². The normalized spacial score (nSPS) is 11.8. The van der Waals surface area contributed by atoms with Crippen molar-refractivity contribution in [1.82, 2.24) is 13.7 Å². The van der Waals surface area contributed by atoms with E-state index in [1.807, 2.05) is 16.7 Å². The molecule has 248 valence electrons. The molecule has 0 aliphatic heterocycles. The highest BCUT2D eigenvalue weighted by Crippen LogP contribution is 2.44. The van der Waals surface area contributed by atoms with Crippen LogP contribution in [0.2, 0.25) is 0 Å². The molecule has 8 aromatic carbocycles. The smallest absolute Gasteiger partial charge is 0.263 e. The van der Waals surface area contributed by atoms with Crippen LogP contribution in [0.25, 0.3) is 93.5 Å². The van der Waals surface area contributed by atoms with Crippen LogP contribution in [0.4, 0.5) is 0 Å². The predicted molar refractivity (Wildman–Crippen MR) is 221 cm³/mol. The van der Waals surface area contributed by atoms with Crippen molar-refractivity contribution in [3.05, 3.63) is 198 Å². The number of para-hydroxylation sites is 4. The summed E-state index contributed by atoms with van der Waals surface area (Å²) in [5, 5.41) is 7.23. The molecule has 0 N–H and O–H groups in total. The summed E-state index contributed by atoms with van der Waals surface area (Å²) >= 11 is 0. The molecule has 0 aliphatic carbocycles. The van der Waals surface area contributed by atoms with Crippen LogP contribution < -0.4 is 5.56 Å². The fraction of sp³-hybridized carbons (Fsp3) is 0. The van der Waals surface area contributed by atoms with E-state index < -0.39 is 0 Å². The molecule has 0 atom stereocenters. The minimum atomic E-state index is -0.0498. The van der Waals surface area contributed by atoms with Crippen LogP contribution in [0.5, 0.6) is 0 Å². The third kappa shape index (κ3) is 4.27. The molecule has 11 rings (SSSR count). The molecule has 0 spiro atoms. The molecule has 53 heavy (non-hydrogen) atoms. The second-order valence-corrected chi connectivity index (χ2v) is 13.7. The van der Waals surface area contributed by atoms with E-state index in [2.05, 4.69) is 185 Å². The lowest BCUT2D eigenvalue weighted by atomic mass is 9.99. The van der Waals surface area contributed by atoms with Gasteiger partial charge in [0.15, 0.2) is 0 Å². The van der Waals surface area contributed by atoms with Gasteiger partial charge in [0.05, 0.1) is 33.0 Å². The minimum Gasteiger partial charge on any atom is -0.309 e. The van der Waals surface area contributed by atoms with Gasteiger partial charge in [0.25, 0.3) is 5.56 Å². The monoisotopic (exact) mass is 677 g/mol. The Morgan fingerprint density at radius 1 is 0.302 bits per heavy atom. The fourth-order valence-electron chi connectivity index (χ4n) is 8.60. The molecule has 0 amide bonds. The number of hydrogen-bond acceptors (Lipinski definition) is 1. The van der Waals surface area contributed by atoms with Crippen molar-refractivity contribution in [1.29, 1.82) is 0 Å². The first-order chi connectivity index (χ1) is 26.3. The minimum absolute atomic E-state index is 0.0498. The Labute approximate surface area is 304 Å². The molecule has 4 heteroatoms. The Balaban J connectivity index is 1.42. The average molecular weight is 678 g/mol. The van der Waals surface area contributed by atoms with Crippen LogP contribution in [-0.2, 0) is 0 Å². The zero-order valence-electron chi connectivity index (χ0n) is 28.6. The highest BCUT2D eigenvalue weighted by molar-refractivity contribution is 6.31. The fourth-order valence-corrected chi connectivity index (χ4v) is 8.60. The molecule has 0 bridgehead atoms. The van der Waals surface area contributed by atoms with Gasteiger partial charge >= 0.3 is 0 Å². The van der Waals surface area contributed by atoms with Gasteiger partial charge in [-0.3, -0.25) is 9.36 Å². The Morgan fingerprint density at radius 3 is 1.40 bits per heavy atom. The maximum atomic E-state index is 15.3. The molecule has 3 heterocycles. The molecule has 11 aromatic rings. The summed E-state index contributed by atoms with van der Waals surface area (Å²) in [6, 6.07) is 65.6. The first-order valence-corrected chi connectivity index (χ1v) is 18.0.